The first-order valence-electron chi connectivity index (χ1n) is 7.40. The maximum Gasteiger partial charge on any atom is 0.227 e. The largest absolute Gasteiger partial charge is 0.341 e. The van der Waals surface area contributed by atoms with E-state index in [1.54, 1.807) is 0 Å². The number of likely N-dealkylation sites (N-methyl/N-ethyl adjacent to an activating group) is 1. The molecule has 2 heterocycles. The van der Waals surface area contributed by atoms with Crippen LogP contribution in [0.2, 0.25) is 0 Å². The molecular weight excluding hydrogens is 226 g/mol. The normalized spacial score (nSPS) is 32.4. The predicted octanol–water partition coefficient (Wildman–Crippen LogP) is 0.785. The third kappa shape index (κ3) is 2.69. The van der Waals surface area contributed by atoms with Crippen molar-refractivity contribution >= 4 is 5.91 Å². The first kappa shape index (κ1) is 13.8. The summed E-state index contributed by atoms with van der Waals surface area (Å²) in [5, 5.41) is 3.32. The van der Waals surface area contributed by atoms with Crippen LogP contribution in [0.5, 0.6) is 0 Å². The highest BCUT2D eigenvalue weighted by Crippen LogP contribution is 2.23. The minimum Gasteiger partial charge on any atom is -0.341 e. The highest BCUT2D eigenvalue weighted by atomic mass is 16.2. The standard InChI is InChI=1S/C14H27N3O/c1-4-16(5-2)12-6-7-17(10-12)14(18)13-9-15-8-11(13)3/h11-13,15H,4-10H2,1-3H3/t11-,12?,13-/m1/s1. The molecule has 1 amide bonds. The van der Waals surface area contributed by atoms with Crippen LogP contribution in [0, 0.1) is 11.8 Å². The van der Waals surface area contributed by atoms with E-state index in [0.717, 1.165) is 45.7 Å². The highest BCUT2D eigenvalue weighted by Gasteiger charge is 2.36. The van der Waals surface area contributed by atoms with E-state index in [9.17, 15) is 4.79 Å². The summed E-state index contributed by atoms with van der Waals surface area (Å²) in [6.45, 7) is 12.5. The number of nitrogens with zero attached hydrogens (tertiary/aromatic N) is 2. The predicted molar refractivity (Wildman–Crippen MR) is 73.4 cm³/mol. The summed E-state index contributed by atoms with van der Waals surface area (Å²) in [6, 6.07) is 0.577. The quantitative estimate of drug-likeness (QED) is 0.804. The second-order valence-electron chi connectivity index (χ2n) is 5.69. The Labute approximate surface area is 111 Å². The summed E-state index contributed by atoms with van der Waals surface area (Å²) < 4.78 is 0. The van der Waals surface area contributed by atoms with Crippen molar-refractivity contribution in [2.75, 3.05) is 39.3 Å². The number of hydrogen-bond acceptors (Lipinski definition) is 3. The molecule has 0 bridgehead atoms. The number of likely N-dealkylation sites (tertiary alicyclic amines) is 1. The van der Waals surface area contributed by atoms with Gasteiger partial charge in [0.05, 0.1) is 5.92 Å². The molecule has 0 radical (unpaired) electrons. The SMILES string of the molecule is CCN(CC)C1CCN(C(=O)[C@@H]2CNC[C@H]2C)C1. The van der Waals surface area contributed by atoms with Crippen LogP contribution in [0.15, 0.2) is 0 Å². The third-order valence-electron chi connectivity index (χ3n) is 4.64. The molecule has 3 atom stereocenters. The number of hydrogen-bond donors (Lipinski definition) is 1. The molecule has 0 aromatic rings. The average Bonchev–Trinajstić information content (AvgIpc) is 2.99. The second-order valence-corrected chi connectivity index (χ2v) is 5.69. The Hall–Kier alpha value is -0.610. The fraction of sp³-hybridized carbons (Fsp3) is 0.929. The minimum atomic E-state index is 0.209. The Morgan fingerprint density at radius 1 is 1.33 bits per heavy atom. The molecule has 1 N–H and O–H groups in total. The zero-order valence-corrected chi connectivity index (χ0v) is 12.0. The molecule has 104 valence electrons. The first-order chi connectivity index (χ1) is 8.67. The van der Waals surface area contributed by atoms with Crippen LogP contribution in [0.1, 0.15) is 27.2 Å². The Morgan fingerprint density at radius 3 is 2.61 bits per heavy atom. The zero-order chi connectivity index (χ0) is 13.1. The average molecular weight is 253 g/mol. The summed E-state index contributed by atoms with van der Waals surface area (Å²) >= 11 is 0. The van der Waals surface area contributed by atoms with E-state index in [0.29, 0.717) is 17.9 Å². The van der Waals surface area contributed by atoms with Gasteiger partial charge in [-0.2, -0.15) is 0 Å². The van der Waals surface area contributed by atoms with Crippen LogP contribution < -0.4 is 5.32 Å². The monoisotopic (exact) mass is 253 g/mol. The molecule has 1 unspecified atom stereocenters. The molecule has 18 heavy (non-hydrogen) atoms. The van der Waals surface area contributed by atoms with Crippen LogP contribution in [0.4, 0.5) is 0 Å². The Bertz CT molecular complexity index is 291. The van der Waals surface area contributed by atoms with Gasteiger partial charge in [0.25, 0.3) is 0 Å². The van der Waals surface area contributed by atoms with Gasteiger partial charge < -0.3 is 10.2 Å². The summed E-state index contributed by atoms with van der Waals surface area (Å²) in [4.78, 5) is 17.0. The summed E-state index contributed by atoms with van der Waals surface area (Å²) in [6.07, 6.45) is 1.14. The number of amides is 1. The maximum atomic E-state index is 12.5. The molecule has 0 spiro atoms. The van der Waals surface area contributed by atoms with Crippen molar-refractivity contribution in [3.8, 4) is 0 Å². The lowest BCUT2D eigenvalue weighted by molar-refractivity contribution is -0.135. The van der Waals surface area contributed by atoms with Gasteiger partial charge in [-0.05, 0) is 32.0 Å². The smallest absolute Gasteiger partial charge is 0.227 e. The van der Waals surface area contributed by atoms with Crippen LogP contribution in [-0.2, 0) is 4.79 Å². The van der Waals surface area contributed by atoms with Gasteiger partial charge in [0, 0.05) is 25.7 Å². The fourth-order valence-electron chi connectivity index (χ4n) is 3.36. The molecule has 0 saturated carbocycles. The van der Waals surface area contributed by atoms with Gasteiger partial charge in [0.2, 0.25) is 5.91 Å². The molecule has 2 saturated heterocycles. The molecule has 0 aromatic carbocycles. The first-order valence-corrected chi connectivity index (χ1v) is 7.40. The molecule has 4 nitrogen and oxygen atoms in total. The van der Waals surface area contributed by atoms with E-state index in [2.05, 4.69) is 35.9 Å². The number of carbonyl (C=O) groups is 1. The van der Waals surface area contributed by atoms with Gasteiger partial charge in [-0.25, -0.2) is 0 Å². The van der Waals surface area contributed by atoms with Crippen molar-refractivity contribution in [3.63, 3.8) is 0 Å². The van der Waals surface area contributed by atoms with Crippen LogP contribution in [0.3, 0.4) is 0 Å². The zero-order valence-electron chi connectivity index (χ0n) is 12.0. The molecule has 2 rings (SSSR count). The van der Waals surface area contributed by atoms with Crippen molar-refractivity contribution in [2.24, 2.45) is 11.8 Å². The van der Waals surface area contributed by atoms with Crippen molar-refractivity contribution in [1.29, 1.82) is 0 Å². The second kappa shape index (κ2) is 6.02. The van der Waals surface area contributed by atoms with E-state index in [4.69, 9.17) is 0 Å². The van der Waals surface area contributed by atoms with E-state index in [1.165, 1.54) is 0 Å². The molecule has 0 aliphatic carbocycles. The van der Waals surface area contributed by atoms with Gasteiger partial charge in [-0.15, -0.1) is 0 Å². The van der Waals surface area contributed by atoms with E-state index >= 15 is 0 Å². The van der Waals surface area contributed by atoms with Crippen molar-refractivity contribution in [2.45, 2.75) is 33.2 Å². The number of rotatable bonds is 4. The number of nitrogens with one attached hydrogen (secondary N) is 1. The van der Waals surface area contributed by atoms with Crippen LogP contribution in [0.25, 0.3) is 0 Å². The van der Waals surface area contributed by atoms with E-state index in [-0.39, 0.29) is 5.92 Å². The summed E-state index contributed by atoms with van der Waals surface area (Å²) in [5.74, 6) is 1.08. The van der Waals surface area contributed by atoms with Crippen LogP contribution >= 0.6 is 0 Å². The lowest BCUT2D eigenvalue weighted by atomic mass is 9.97. The lowest BCUT2D eigenvalue weighted by Gasteiger charge is -2.27. The van der Waals surface area contributed by atoms with E-state index < -0.39 is 0 Å². The number of carbonyl (C=O) groups excluding carboxylic acids is 1. The van der Waals surface area contributed by atoms with Gasteiger partial charge in [-0.3, -0.25) is 9.69 Å². The van der Waals surface area contributed by atoms with E-state index in [1.807, 2.05) is 0 Å². The minimum absolute atomic E-state index is 0.209. The van der Waals surface area contributed by atoms with Crippen molar-refractivity contribution in [1.82, 2.24) is 15.1 Å². The third-order valence-corrected chi connectivity index (χ3v) is 4.64. The Balaban J connectivity index is 1.90. The topological polar surface area (TPSA) is 35.6 Å². The summed E-state index contributed by atoms with van der Waals surface area (Å²) in [7, 11) is 0. The summed E-state index contributed by atoms with van der Waals surface area (Å²) in [5.41, 5.74) is 0. The molecule has 2 fully saturated rings. The van der Waals surface area contributed by atoms with Crippen LogP contribution in [-0.4, -0.2) is 61.0 Å². The van der Waals surface area contributed by atoms with Gasteiger partial charge in [0.1, 0.15) is 0 Å². The fourth-order valence-corrected chi connectivity index (χ4v) is 3.36. The maximum absolute atomic E-state index is 12.5. The molecule has 2 aliphatic heterocycles. The molecular formula is C14H27N3O. The lowest BCUT2D eigenvalue weighted by Crippen LogP contribution is -2.41. The van der Waals surface area contributed by atoms with Crippen molar-refractivity contribution < 1.29 is 4.79 Å². The Morgan fingerprint density at radius 2 is 2.06 bits per heavy atom. The van der Waals surface area contributed by atoms with Gasteiger partial charge in [-0.1, -0.05) is 20.8 Å². The van der Waals surface area contributed by atoms with Gasteiger partial charge in [0.15, 0.2) is 0 Å². The molecule has 2 aliphatic rings. The molecule has 4 heteroatoms. The van der Waals surface area contributed by atoms with Crippen molar-refractivity contribution in [3.05, 3.63) is 0 Å². The Kier molecular flexibility index (Phi) is 4.62. The highest BCUT2D eigenvalue weighted by molar-refractivity contribution is 5.80. The van der Waals surface area contributed by atoms with Gasteiger partial charge >= 0.3 is 0 Å². The molecule has 0 aromatic heterocycles.